The molecule has 1 amide bonds. The number of nitrogens with one attached hydrogen (secondary N) is 1. The molecule has 0 aromatic carbocycles. The summed E-state index contributed by atoms with van der Waals surface area (Å²) in [6.07, 6.45) is 4.02. The lowest BCUT2D eigenvalue weighted by atomic mass is 10.1. The summed E-state index contributed by atoms with van der Waals surface area (Å²) in [4.78, 5) is 22.7. The van der Waals surface area contributed by atoms with Gasteiger partial charge >= 0.3 is 5.97 Å². The van der Waals surface area contributed by atoms with Gasteiger partial charge in [0.1, 0.15) is 6.10 Å². The van der Waals surface area contributed by atoms with Gasteiger partial charge in [0.05, 0.1) is 0 Å². The van der Waals surface area contributed by atoms with E-state index in [4.69, 9.17) is 9.84 Å². The SMILES string of the molecule is CCC(CC1CC1)NC(=O)C1CCC(C(=O)O)O1. The maximum atomic E-state index is 12.0. The summed E-state index contributed by atoms with van der Waals surface area (Å²) >= 11 is 0. The molecule has 0 bridgehead atoms. The number of carbonyl (C=O) groups excluding carboxylic acids is 1. The Morgan fingerprint density at radius 3 is 2.44 bits per heavy atom. The van der Waals surface area contributed by atoms with Crippen LogP contribution in [0.1, 0.15) is 45.4 Å². The standard InChI is InChI=1S/C13H21NO4/c1-2-9(7-8-3-4-8)14-12(15)10-5-6-11(18-10)13(16)17/h8-11H,2-7H2,1H3,(H,14,15)(H,16,17). The number of hydrogen-bond donors (Lipinski definition) is 2. The van der Waals surface area contributed by atoms with Crippen molar-refractivity contribution >= 4 is 11.9 Å². The van der Waals surface area contributed by atoms with Crippen LogP contribution in [-0.4, -0.2) is 35.2 Å². The van der Waals surface area contributed by atoms with E-state index in [-0.39, 0.29) is 11.9 Å². The number of carbonyl (C=O) groups is 2. The Morgan fingerprint density at radius 1 is 1.28 bits per heavy atom. The van der Waals surface area contributed by atoms with Gasteiger partial charge in [0.25, 0.3) is 0 Å². The lowest BCUT2D eigenvalue weighted by Gasteiger charge is -2.19. The molecule has 2 aliphatic rings. The van der Waals surface area contributed by atoms with Gasteiger partial charge in [0, 0.05) is 6.04 Å². The van der Waals surface area contributed by atoms with E-state index in [9.17, 15) is 9.59 Å². The van der Waals surface area contributed by atoms with Crippen molar-refractivity contribution in [2.75, 3.05) is 0 Å². The third kappa shape index (κ3) is 3.45. The Labute approximate surface area is 107 Å². The third-order valence-corrected chi connectivity index (χ3v) is 3.74. The summed E-state index contributed by atoms with van der Waals surface area (Å²) in [5.41, 5.74) is 0. The molecular weight excluding hydrogens is 234 g/mol. The number of aliphatic carboxylic acids is 1. The molecule has 5 heteroatoms. The van der Waals surface area contributed by atoms with Crippen LogP contribution < -0.4 is 5.32 Å². The summed E-state index contributed by atoms with van der Waals surface area (Å²) in [7, 11) is 0. The van der Waals surface area contributed by atoms with Crippen molar-refractivity contribution in [1.82, 2.24) is 5.32 Å². The van der Waals surface area contributed by atoms with E-state index in [0.717, 1.165) is 18.8 Å². The molecule has 18 heavy (non-hydrogen) atoms. The average Bonchev–Trinajstić information content (AvgIpc) is 3.00. The molecule has 1 saturated carbocycles. The summed E-state index contributed by atoms with van der Waals surface area (Å²) in [5, 5.41) is 11.8. The van der Waals surface area contributed by atoms with Gasteiger partial charge in [-0.1, -0.05) is 19.8 Å². The van der Waals surface area contributed by atoms with E-state index >= 15 is 0 Å². The van der Waals surface area contributed by atoms with Gasteiger partial charge in [-0.3, -0.25) is 4.79 Å². The second-order valence-electron chi connectivity index (χ2n) is 5.32. The number of ether oxygens (including phenoxy) is 1. The summed E-state index contributed by atoms with van der Waals surface area (Å²) in [6, 6.07) is 0.206. The van der Waals surface area contributed by atoms with Gasteiger partial charge in [0.15, 0.2) is 6.10 Å². The highest BCUT2D eigenvalue weighted by molar-refractivity contribution is 5.82. The Kier molecular flexibility index (Phi) is 4.22. The molecule has 3 atom stereocenters. The minimum Gasteiger partial charge on any atom is -0.479 e. The van der Waals surface area contributed by atoms with Crippen LogP contribution in [0.25, 0.3) is 0 Å². The van der Waals surface area contributed by atoms with Gasteiger partial charge in [-0.05, 0) is 31.6 Å². The smallest absolute Gasteiger partial charge is 0.332 e. The van der Waals surface area contributed by atoms with E-state index in [1.165, 1.54) is 12.8 Å². The van der Waals surface area contributed by atoms with Crippen molar-refractivity contribution in [3.8, 4) is 0 Å². The quantitative estimate of drug-likeness (QED) is 0.750. The number of hydrogen-bond acceptors (Lipinski definition) is 3. The lowest BCUT2D eigenvalue weighted by molar-refractivity contribution is -0.151. The molecule has 2 N–H and O–H groups in total. The number of carboxylic acid groups (broad SMARTS) is 1. The fourth-order valence-corrected chi connectivity index (χ4v) is 2.39. The van der Waals surface area contributed by atoms with Crippen molar-refractivity contribution in [1.29, 1.82) is 0 Å². The monoisotopic (exact) mass is 255 g/mol. The average molecular weight is 255 g/mol. The van der Waals surface area contributed by atoms with Crippen LogP contribution in [0.15, 0.2) is 0 Å². The summed E-state index contributed by atoms with van der Waals surface area (Å²) < 4.78 is 5.24. The second kappa shape index (κ2) is 5.69. The van der Waals surface area contributed by atoms with E-state index in [1.54, 1.807) is 0 Å². The van der Waals surface area contributed by atoms with Crippen molar-refractivity contribution < 1.29 is 19.4 Å². The molecular formula is C13H21NO4. The van der Waals surface area contributed by atoms with Crippen LogP contribution in [0.5, 0.6) is 0 Å². The Balaban J connectivity index is 1.78. The van der Waals surface area contributed by atoms with Gasteiger partial charge < -0.3 is 15.2 Å². The Hall–Kier alpha value is -1.10. The molecule has 0 aromatic heterocycles. The van der Waals surface area contributed by atoms with Gasteiger partial charge in [-0.2, -0.15) is 0 Å². The highest BCUT2D eigenvalue weighted by Gasteiger charge is 2.35. The molecule has 1 aliphatic heterocycles. The molecule has 2 rings (SSSR count). The van der Waals surface area contributed by atoms with E-state index in [1.807, 2.05) is 0 Å². The first-order valence-corrected chi connectivity index (χ1v) is 6.78. The molecule has 1 aliphatic carbocycles. The number of carboxylic acids is 1. The van der Waals surface area contributed by atoms with Crippen LogP contribution >= 0.6 is 0 Å². The highest BCUT2D eigenvalue weighted by Crippen LogP contribution is 2.34. The van der Waals surface area contributed by atoms with E-state index < -0.39 is 18.2 Å². The summed E-state index contributed by atoms with van der Waals surface area (Å²) in [5.74, 6) is -0.354. The van der Waals surface area contributed by atoms with Gasteiger partial charge in [-0.15, -0.1) is 0 Å². The Morgan fingerprint density at radius 2 is 1.94 bits per heavy atom. The molecule has 102 valence electrons. The normalized spacial score (nSPS) is 28.9. The van der Waals surface area contributed by atoms with Crippen LogP contribution in [-0.2, 0) is 14.3 Å². The first-order valence-electron chi connectivity index (χ1n) is 6.78. The van der Waals surface area contributed by atoms with Crippen LogP contribution in [0.3, 0.4) is 0 Å². The largest absolute Gasteiger partial charge is 0.479 e. The number of amides is 1. The highest BCUT2D eigenvalue weighted by atomic mass is 16.5. The van der Waals surface area contributed by atoms with Crippen molar-refractivity contribution in [2.24, 2.45) is 5.92 Å². The van der Waals surface area contributed by atoms with Gasteiger partial charge in [-0.25, -0.2) is 4.79 Å². The summed E-state index contributed by atoms with van der Waals surface area (Å²) in [6.45, 7) is 2.06. The minimum absolute atomic E-state index is 0.147. The van der Waals surface area contributed by atoms with Crippen molar-refractivity contribution in [3.05, 3.63) is 0 Å². The van der Waals surface area contributed by atoms with E-state index in [0.29, 0.717) is 12.8 Å². The molecule has 2 fully saturated rings. The van der Waals surface area contributed by atoms with Crippen molar-refractivity contribution in [2.45, 2.75) is 63.7 Å². The van der Waals surface area contributed by atoms with Crippen LogP contribution in [0, 0.1) is 5.92 Å². The number of rotatable bonds is 6. The van der Waals surface area contributed by atoms with Gasteiger partial charge in [0.2, 0.25) is 5.91 Å². The fourth-order valence-electron chi connectivity index (χ4n) is 2.39. The molecule has 0 aromatic rings. The Bertz CT molecular complexity index is 327. The first kappa shape index (κ1) is 13.3. The second-order valence-corrected chi connectivity index (χ2v) is 5.32. The fraction of sp³-hybridized carbons (Fsp3) is 0.846. The van der Waals surface area contributed by atoms with Crippen molar-refractivity contribution in [3.63, 3.8) is 0 Å². The zero-order valence-electron chi connectivity index (χ0n) is 10.7. The molecule has 1 saturated heterocycles. The third-order valence-electron chi connectivity index (χ3n) is 3.74. The zero-order valence-corrected chi connectivity index (χ0v) is 10.7. The molecule has 3 unspecified atom stereocenters. The van der Waals surface area contributed by atoms with Crippen LogP contribution in [0.4, 0.5) is 0 Å². The predicted octanol–water partition coefficient (Wildman–Crippen LogP) is 1.31. The molecule has 1 heterocycles. The molecule has 0 radical (unpaired) electrons. The first-order chi connectivity index (χ1) is 8.60. The van der Waals surface area contributed by atoms with E-state index in [2.05, 4.69) is 12.2 Å². The van der Waals surface area contributed by atoms with Crippen LogP contribution in [0.2, 0.25) is 0 Å². The maximum Gasteiger partial charge on any atom is 0.332 e. The predicted molar refractivity (Wildman–Crippen MR) is 65.1 cm³/mol. The molecule has 0 spiro atoms. The lowest BCUT2D eigenvalue weighted by Crippen LogP contribution is -2.41. The minimum atomic E-state index is -0.977. The topological polar surface area (TPSA) is 75.6 Å². The zero-order chi connectivity index (χ0) is 13.1. The maximum absolute atomic E-state index is 12.0. The molecule has 5 nitrogen and oxygen atoms in total.